The topological polar surface area (TPSA) is 177 Å². The molecule has 2 aromatic rings. The van der Waals surface area contributed by atoms with Gasteiger partial charge >= 0.3 is 11.9 Å². The minimum Gasteiger partial charge on any atom is -0.508 e. The lowest BCUT2D eigenvalue weighted by Gasteiger charge is -2.55. The summed E-state index contributed by atoms with van der Waals surface area (Å²) in [5.74, 6) is -0.539. The van der Waals surface area contributed by atoms with Crippen LogP contribution in [0.2, 0.25) is 0 Å². The number of carbonyl (C=O) groups is 3. The summed E-state index contributed by atoms with van der Waals surface area (Å²) < 4.78 is 42.0. The summed E-state index contributed by atoms with van der Waals surface area (Å²) in [5, 5.41) is 34.9. The van der Waals surface area contributed by atoms with Crippen molar-refractivity contribution in [2.45, 2.75) is 141 Å². The predicted molar refractivity (Wildman–Crippen MR) is 209 cm³/mol. The van der Waals surface area contributed by atoms with Gasteiger partial charge in [0.15, 0.2) is 24.8 Å². The largest absolute Gasteiger partial charge is 0.508 e. The second-order valence-electron chi connectivity index (χ2n) is 17.7. The number of ketones is 1. The lowest BCUT2D eigenvalue weighted by atomic mass is 9.51. The van der Waals surface area contributed by atoms with Crippen molar-refractivity contribution >= 4 is 17.7 Å². The summed E-state index contributed by atoms with van der Waals surface area (Å²) in [4.78, 5) is 39.8. The lowest BCUT2D eigenvalue weighted by molar-refractivity contribution is -0.327. The average molecular weight is 809 g/mol. The zero-order valence-electron chi connectivity index (χ0n) is 34.5. The maximum atomic E-state index is 14.0. The van der Waals surface area contributed by atoms with Crippen LogP contribution in [0.25, 0.3) is 0 Å². The third-order valence-corrected chi connectivity index (χ3v) is 14.0. The Morgan fingerprint density at radius 1 is 0.948 bits per heavy atom. The fourth-order valence-corrected chi connectivity index (χ4v) is 10.8. The molecule has 2 saturated carbocycles. The van der Waals surface area contributed by atoms with E-state index < -0.39 is 72.0 Å². The minimum atomic E-state index is -1.61. The summed E-state index contributed by atoms with van der Waals surface area (Å²) in [6.07, 6.45) is -3.06. The van der Waals surface area contributed by atoms with Crippen molar-refractivity contribution < 1.29 is 62.9 Å². The van der Waals surface area contributed by atoms with Gasteiger partial charge in [0, 0.05) is 31.1 Å². The van der Waals surface area contributed by atoms with Crippen LogP contribution >= 0.6 is 0 Å². The maximum absolute atomic E-state index is 14.0. The maximum Gasteiger partial charge on any atom is 0.338 e. The van der Waals surface area contributed by atoms with Gasteiger partial charge in [0.2, 0.25) is 0 Å². The number of aliphatic hydroxyl groups excluding tert-OH is 1. The monoisotopic (exact) mass is 808 g/mol. The van der Waals surface area contributed by atoms with Crippen LogP contribution in [0.15, 0.2) is 42.5 Å². The Bertz CT molecular complexity index is 1800. The number of aryl methyl sites for hydroxylation is 1. The molecule has 2 saturated heterocycles. The number of phenolic OH excluding ortho intramolecular Hbond substituents is 1. The van der Waals surface area contributed by atoms with Gasteiger partial charge in [-0.15, -0.1) is 0 Å². The number of phenols is 1. The number of ether oxygens (including phenoxy) is 7. The van der Waals surface area contributed by atoms with E-state index in [2.05, 4.69) is 20.8 Å². The summed E-state index contributed by atoms with van der Waals surface area (Å²) in [5.41, 5.74) is 0.364. The number of Topliss-reactive ketones (excluding diaryl/α,β-unsaturated/α-hetero) is 1. The fourth-order valence-electron chi connectivity index (χ4n) is 10.8. The number of carbonyl (C=O) groups excluding carboxylic acids is 3. The molecule has 13 heteroatoms. The van der Waals surface area contributed by atoms with Crippen molar-refractivity contribution in [2.24, 2.45) is 29.1 Å². The zero-order valence-corrected chi connectivity index (χ0v) is 34.5. The molecule has 0 unspecified atom stereocenters. The van der Waals surface area contributed by atoms with Crippen LogP contribution < -0.4 is 4.74 Å². The van der Waals surface area contributed by atoms with Gasteiger partial charge in [-0.3, -0.25) is 9.59 Å². The molecular formula is C45H60O13. The smallest absolute Gasteiger partial charge is 0.338 e. The SMILES string of the molecule is COc1ccc(C(=O)O[C@@H]2CCO[C@H]2O[C@H]2[C@H](OC(C)=O)[C@@H](O[C@H]3C[C@H]4[C@@H]5CCc6cc(O)ccc6[C@H]5CC[C@]4(C)[C@@]3(O)[C@H](C)C(=O)CCC(C)C)OC[C@H]2O)cc1. The minimum absolute atomic E-state index is 0.0232. The highest BCUT2D eigenvalue weighted by atomic mass is 16.7. The van der Waals surface area contributed by atoms with Gasteiger partial charge in [0.25, 0.3) is 0 Å². The molecule has 4 fully saturated rings. The normalized spacial score (nSPS) is 36.0. The van der Waals surface area contributed by atoms with Crippen molar-refractivity contribution in [3.05, 3.63) is 59.2 Å². The number of benzene rings is 2. The van der Waals surface area contributed by atoms with Crippen molar-refractivity contribution in [3.63, 3.8) is 0 Å². The van der Waals surface area contributed by atoms with Crippen LogP contribution in [0, 0.1) is 29.1 Å². The fraction of sp³-hybridized carbons (Fsp3) is 0.667. The van der Waals surface area contributed by atoms with Crippen LogP contribution in [0.3, 0.4) is 0 Å². The van der Waals surface area contributed by atoms with Gasteiger partial charge in [-0.2, -0.15) is 0 Å². The number of hydrogen-bond donors (Lipinski definition) is 3. The second-order valence-corrected chi connectivity index (χ2v) is 17.7. The van der Waals surface area contributed by atoms with Gasteiger partial charge < -0.3 is 48.5 Å². The van der Waals surface area contributed by atoms with Crippen LogP contribution in [0.5, 0.6) is 11.5 Å². The van der Waals surface area contributed by atoms with Gasteiger partial charge in [-0.1, -0.05) is 33.8 Å². The Hall–Kier alpha value is -3.59. The molecule has 13 atom stereocenters. The van der Waals surface area contributed by atoms with E-state index in [-0.39, 0.29) is 42.5 Å². The first-order valence-corrected chi connectivity index (χ1v) is 21.0. The number of hydrogen-bond acceptors (Lipinski definition) is 13. The molecule has 3 N–H and O–H groups in total. The predicted octanol–water partition coefficient (Wildman–Crippen LogP) is 5.63. The Kier molecular flexibility index (Phi) is 12.6. The van der Waals surface area contributed by atoms with Crippen molar-refractivity contribution in [2.75, 3.05) is 20.3 Å². The summed E-state index contributed by atoms with van der Waals surface area (Å²) >= 11 is 0. The van der Waals surface area contributed by atoms with Crippen LogP contribution in [-0.2, 0) is 44.4 Å². The van der Waals surface area contributed by atoms with E-state index in [1.165, 1.54) is 19.6 Å². The summed E-state index contributed by atoms with van der Waals surface area (Å²) in [6, 6.07) is 12.1. The van der Waals surface area contributed by atoms with E-state index in [1.54, 1.807) is 30.3 Å². The number of esters is 2. The number of aliphatic hydroxyl groups is 2. The van der Waals surface area contributed by atoms with Gasteiger partial charge in [-0.25, -0.2) is 4.79 Å². The van der Waals surface area contributed by atoms with Gasteiger partial charge in [0.1, 0.15) is 35.1 Å². The quantitative estimate of drug-likeness (QED) is 0.213. The van der Waals surface area contributed by atoms with E-state index in [9.17, 15) is 29.7 Å². The highest BCUT2D eigenvalue weighted by Gasteiger charge is 2.69. The highest BCUT2D eigenvalue weighted by Crippen LogP contribution is 2.67. The standard InChI is InChI=1S/C45H60O13/c1-24(2)7-16-35(48)25(3)45(51)38(22-34-33-14-10-28-21-29(47)11-15-31(28)32(33)17-19-44(34,45)5)57-43-40(55-26(4)46)39(36(49)23-54-43)58-42-37(18-20-53-42)56-41(50)27-8-12-30(52-6)13-9-27/h8-9,11-13,15,21,24-25,32-34,36-40,42-43,47,49,51H,7,10,14,16-20,22-23H2,1-6H3/t25-,32-,33-,34+,36-,37-,38+,39-,40+,42+,43-,44+,45-/m1/s1. The molecule has 2 heterocycles. The molecule has 2 aromatic carbocycles. The Labute approximate surface area is 340 Å². The van der Waals surface area contributed by atoms with Crippen molar-refractivity contribution in [1.82, 2.24) is 0 Å². The molecule has 0 spiro atoms. The first kappa shape index (κ1) is 42.5. The number of fused-ring (bicyclic) bond motifs is 5. The molecule has 0 radical (unpaired) electrons. The van der Waals surface area contributed by atoms with Crippen LogP contribution in [-0.4, -0.2) is 102 Å². The third kappa shape index (κ3) is 8.02. The average Bonchev–Trinajstić information content (AvgIpc) is 3.73. The Balaban J connectivity index is 1.15. The lowest BCUT2D eigenvalue weighted by Crippen LogP contribution is -2.63. The van der Waals surface area contributed by atoms with E-state index in [0.29, 0.717) is 49.3 Å². The van der Waals surface area contributed by atoms with Gasteiger partial charge in [-0.05, 0) is 110 Å². The number of aromatic hydroxyl groups is 1. The molecule has 0 amide bonds. The molecule has 13 nitrogen and oxygen atoms in total. The van der Waals surface area contributed by atoms with Crippen molar-refractivity contribution in [3.8, 4) is 11.5 Å². The summed E-state index contributed by atoms with van der Waals surface area (Å²) in [6.45, 7) is 9.25. The molecule has 318 valence electrons. The first-order chi connectivity index (χ1) is 27.6. The Morgan fingerprint density at radius 3 is 2.41 bits per heavy atom. The Morgan fingerprint density at radius 2 is 1.71 bits per heavy atom. The van der Waals surface area contributed by atoms with Crippen molar-refractivity contribution in [1.29, 1.82) is 0 Å². The van der Waals surface area contributed by atoms with E-state index in [1.807, 2.05) is 19.1 Å². The second kappa shape index (κ2) is 17.2. The molecule has 3 aliphatic carbocycles. The molecule has 0 bridgehead atoms. The molecule has 0 aromatic heterocycles. The third-order valence-electron chi connectivity index (χ3n) is 14.0. The highest BCUT2D eigenvalue weighted by molar-refractivity contribution is 5.89. The summed E-state index contributed by atoms with van der Waals surface area (Å²) in [7, 11) is 1.53. The molecule has 2 aliphatic heterocycles. The van der Waals surface area contributed by atoms with E-state index in [0.717, 1.165) is 24.8 Å². The molecule has 5 aliphatic rings. The molecule has 58 heavy (non-hydrogen) atoms. The zero-order chi connectivity index (χ0) is 41.5. The number of methoxy groups -OCH3 is 1. The molecular weight excluding hydrogens is 748 g/mol. The van der Waals surface area contributed by atoms with Crippen LogP contribution in [0.1, 0.15) is 107 Å². The van der Waals surface area contributed by atoms with Crippen LogP contribution in [0.4, 0.5) is 0 Å². The first-order valence-electron chi connectivity index (χ1n) is 21.0. The van der Waals surface area contributed by atoms with E-state index in [4.69, 9.17) is 33.2 Å². The van der Waals surface area contributed by atoms with E-state index >= 15 is 0 Å². The number of rotatable bonds is 13. The van der Waals surface area contributed by atoms with Gasteiger partial charge in [0.05, 0.1) is 32.0 Å². The molecule has 7 rings (SSSR count).